The van der Waals surface area contributed by atoms with Gasteiger partial charge < -0.3 is 5.11 Å². The van der Waals surface area contributed by atoms with Crippen LogP contribution in [0.3, 0.4) is 0 Å². The lowest BCUT2D eigenvalue weighted by atomic mass is 9.79. The molecule has 0 radical (unpaired) electrons. The second kappa shape index (κ2) is 3.39. The monoisotopic (exact) mass is 254 g/mol. The minimum absolute atomic E-state index is 0.115. The van der Waals surface area contributed by atoms with Crippen LogP contribution in [0.1, 0.15) is 35.2 Å². The van der Waals surface area contributed by atoms with Crippen LogP contribution in [0.5, 0.6) is 0 Å². The molecule has 1 aromatic carbocycles. The number of halogens is 1. The summed E-state index contributed by atoms with van der Waals surface area (Å²) in [5, 5.41) is 8.74. The van der Waals surface area contributed by atoms with Gasteiger partial charge in [0.25, 0.3) is 0 Å². The summed E-state index contributed by atoms with van der Waals surface area (Å²) in [6.07, 6.45) is 3.52. The van der Waals surface area contributed by atoms with Crippen molar-refractivity contribution in [3.05, 3.63) is 35.4 Å². The lowest BCUT2D eigenvalue weighted by molar-refractivity contribution is 0.0697. The Labute approximate surface area is 91.1 Å². The summed E-state index contributed by atoms with van der Waals surface area (Å²) in [5.74, 6) is -0.867. The zero-order chi connectivity index (χ0) is 10.2. The standard InChI is InChI=1S/C11H11BrO2/c12-11(6-1-7-11)9-4-2-8(3-5-9)10(13)14/h2-5H,1,6-7H2,(H,13,14). The maximum absolute atomic E-state index is 10.6. The van der Waals surface area contributed by atoms with E-state index in [1.54, 1.807) is 12.1 Å². The van der Waals surface area contributed by atoms with Gasteiger partial charge in [0.2, 0.25) is 0 Å². The number of carboxylic acids is 1. The molecule has 0 saturated heterocycles. The molecule has 1 aromatic rings. The van der Waals surface area contributed by atoms with Crippen molar-refractivity contribution in [2.24, 2.45) is 0 Å². The molecule has 2 rings (SSSR count). The molecule has 0 unspecified atom stereocenters. The van der Waals surface area contributed by atoms with Gasteiger partial charge in [0.05, 0.1) is 9.89 Å². The number of hydrogen-bond acceptors (Lipinski definition) is 1. The molecule has 14 heavy (non-hydrogen) atoms. The molecule has 0 bridgehead atoms. The van der Waals surface area contributed by atoms with Crippen LogP contribution >= 0.6 is 15.9 Å². The third-order valence-electron chi connectivity index (χ3n) is 2.80. The molecule has 74 valence electrons. The minimum atomic E-state index is -0.867. The van der Waals surface area contributed by atoms with Crippen LogP contribution < -0.4 is 0 Å². The molecule has 1 N–H and O–H groups in total. The average Bonchev–Trinajstić information content (AvgIpc) is 2.14. The SMILES string of the molecule is O=C(O)c1ccc(C2(Br)CCC2)cc1. The number of aromatic carboxylic acids is 1. The molecule has 0 heterocycles. The van der Waals surface area contributed by atoms with Crippen LogP contribution in [0.4, 0.5) is 0 Å². The first-order valence-electron chi connectivity index (χ1n) is 4.65. The molecule has 0 atom stereocenters. The highest BCUT2D eigenvalue weighted by Crippen LogP contribution is 2.48. The highest BCUT2D eigenvalue weighted by atomic mass is 79.9. The normalized spacial score (nSPS) is 18.6. The fourth-order valence-corrected chi connectivity index (χ4v) is 2.51. The second-order valence-electron chi connectivity index (χ2n) is 3.70. The zero-order valence-corrected chi connectivity index (χ0v) is 9.25. The van der Waals surface area contributed by atoms with E-state index in [0.29, 0.717) is 5.56 Å². The van der Waals surface area contributed by atoms with E-state index in [9.17, 15) is 4.79 Å². The van der Waals surface area contributed by atoms with Gasteiger partial charge in [-0.2, -0.15) is 0 Å². The summed E-state index contributed by atoms with van der Waals surface area (Å²) in [6.45, 7) is 0. The molecule has 1 fully saturated rings. The topological polar surface area (TPSA) is 37.3 Å². The van der Waals surface area contributed by atoms with Gasteiger partial charge in [-0.3, -0.25) is 0 Å². The summed E-state index contributed by atoms with van der Waals surface area (Å²) in [6, 6.07) is 7.13. The van der Waals surface area contributed by atoms with E-state index in [-0.39, 0.29) is 4.32 Å². The number of carboxylic acid groups (broad SMARTS) is 1. The van der Waals surface area contributed by atoms with Crippen molar-refractivity contribution in [3.8, 4) is 0 Å². The highest BCUT2D eigenvalue weighted by molar-refractivity contribution is 9.09. The van der Waals surface area contributed by atoms with Crippen molar-refractivity contribution in [1.82, 2.24) is 0 Å². The Balaban J connectivity index is 2.25. The first kappa shape index (κ1) is 9.71. The van der Waals surface area contributed by atoms with Crippen molar-refractivity contribution < 1.29 is 9.90 Å². The number of rotatable bonds is 2. The Bertz CT molecular complexity index is 352. The van der Waals surface area contributed by atoms with Gasteiger partial charge in [-0.25, -0.2) is 4.79 Å². The van der Waals surface area contributed by atoms with Gasteiger partial charge in [-0.1, -0.05) is 28.1 Å². The maximum atomic E-state index is 10.6. The fraction of sp³-hybridized carbons (Fsp3) is 0.364. The molecule has 1 aliphatic carbocycles. The summed E-state index contributed by atoms with van der Waals surface area (Å²) in [7, 11) is 0. The zero-order valence-electron chi connectivity index (χ0n) is 7.66. The van der Waals surface area contributed by atoms with Crippen LogP contribution in [0.15, 0.2) is 24.3 Å². The predicted octanol–water partition coefficient (Wildman–Crippen LogP) is 3.16. The van der Waals surface area contributed by atoms with Gasteiger partial charge in [-0.05, 0) is 37.0 Å². The molecule has 0 spiro atoms. The lowest BCUT2D eigenvalue weighted by Crippen LogP contribution is -2.26. The van der Waals surface area contributed by atoms with Gasteiger partial charge >= 0.3 is 5.97 Å². The smallest absolute Gasteiger partial charge is 0.335 e. The Kier molecular flexibility index (Phi) is 2.35. The first-order valence-corrected chi connectivity index (χ1v) is 5.44. The highest BCUT2D eigenvalue weighted by Gasteiger charge is 2.35. The van der Waals surface area contributed by atoms with Crippen molar-refractivity contribution >= 4 is 21.9 Å². The quantitative estimate of drug-likeness (QED) is 0.824. The number of alkyl halides is 1. The van der Waals surface area contributed by atoms with Crippen LogP contribution in [0, 0.1) is 0 Å². The fourth-order valence-electron chi connectivity index (χ4n) is 1.69. The minimum Gasteiger partial charge on any atom is -0.478 e. The Morgan fingerprint density at radius 1 is 1.29 bits per heavy atom. The van der Waals surface area contributed by atoms with Crippen molar-refractivity contribution in [3.63, 3.8) is 0 Å². The molecule has 0 aromatic heterocycles. The van der Waals surface area contributed by atoms with E-state index in [1.807, 2.05) is 12.1 Å². The van der Waals surface area contributed by atoms with Crippen LogP contribution in [0.2, 0.25) is 0 Å². The molecular weight excluding hydrogens is 244 g/mol. The predicted molar refractivity (Wildman–Crippen MR) is 57.9 cm³/mol. The molecule has 2 nitrogen and oxygen atoms in total. The van der Waals surface area contributed by atoms with Gasteiger partial charge in [0.15, 0.2) is 0 Å². The first-order chi connectivity index (χ1) is 6.62. The van der Waals surface area contributed by atoms with Gasteiger partial charge in [0.1, 0.15) is 0 Å². The van der Waals surface area contributed by atoms with E-state index in [0.717, 1.165) is 12.8 Å². The second-order valence-corrected chi connectivity index (χ2v) is 5.22. The summed E-state index contributed by atoms with van der Waals surface area (Å²) < 4.78 is 0.115. The molecule has 0 amide bonds. The lowest BCUT2D eigenvalue weighted by Gasteiger charge is -2.36. The Morgan fingerprint density at radius 3 is 2.21 bits per heavy atom. The van der Waals surface area contributed by atoms with Crippen LogP contribution in [-0.2, 0) is 4.32 Å². The molecule has 1 aliphatic rings. The van der Waals surface area contributed by atoms with E-state index in [2.05, 4.69) is 15.9 Å². The van der Waals surface area contributed by atoms with Crippen molar-refractivity contribution in [2.75, 3.05) is 0 Å². The van der Waals surface area contributed by atoms with Crippen LogP contribution in [0.25, 0.3) is 0 Å². The van der Waals surface area contributed by atoms with Crippen molar-refractivity contribution in [1.29, 1.82) is 0 Å². The maximum Gasteiger partial charge on any atom is 0.335 e. The van der Waals surface area contributed by atoms with E-state index in [1.165, 1.54) is 12.0 Å². The van der Waals surface area contributed by atoms with Gasteiger partial charge in [0, 0.05) is 0 Å². The number of carbonyl (C=O) groups is 1. The molecular formula is C11H11BrO2. The van der Waals surface area contributed by atoms with Gasteiger partial charge in [-0.15, -0.1) is 0 Å². The number of hydrogen-bond donors (Lipinski definition) is 1. The third-order valence-corrected chi connectivity index (χ3v) is 4.05. The summed E-state index contributed by atoms with van der Waals surface area (Å²) >= 11 is 3.69. The van der Waals surface area contributed by atoms with Crippen LogP contribution in [-0.4, -0.2) is 11.1 Å². The van der Waals surface area contributed by atoms with E-state index >= 15 is 0 Å². The third kappa shape index (κ3) is 1.57. The molecule has 3 heteroatoms. The largest absolute Gasteiger partial charge is 0.478 e. The number of benzene rings is 1. The Morgan fingerprint density at radius 2 is 1.86 bits per heavy atom. The van der Waals surface area contributed by atoms with E-state index in [4.69, 9.17) is 5.11 Å². The van der Waals surface area contributed by atoms with E-state index < -0.39 is 5.97 Å². The summed E-state index contributed by atoms with van der Waals surface area (Å²) in [5.41, 5.74) is 1.54. The Hall–Kier alpha value is -0.830. The molecule has 0 aliphatic heterocycles. The molecule has 1 saturated carbocycles. The average molecular weight is 255 g/mol. The van der Waals surface area contributed by atoms with Crippen molar-refractivity contribution in [2.45, 2.75) is 23.6 Å². The summed E-state index contributed by atoms with van der Waals surface area (Å²) in [4.78, 5) is 10.6.